The molecule has 0 spiro atoms. The van der Waals surface area contributed by atoms with Gasteiger partial charge in [0.15, 0.2) is 16.3 Å². The standard InChI is InChI=1S/C25H22Cl2N2O5S/c1-5-34-24(31)21-13(2)28-25-29(22(21)14-9-10-18(32-3)19(11-14)33-4)23(30)20(35-25)12-15-16(26)7-6-8-17(15)27/h6-12,22H,5H2,1-4H3/b20-12-/t22-/m1/s1. The number of carbonyl (C=O) groups is 1. The number of thiazole rings is 1. The number of hydrogen-bond acceptors (Lipinski definition) is 7. The van der Waals surface area contributed by atoms with Crippen LogP contribution in [-0.2, 0) is 9.53 Å². The highest BCUT2D eigenvalue weighted by Crippen LogP contribution is 2.36. The number of ether oxygens (including phenoxy) is 3. The third-order valence-electron chi connectivity index (χ3n) is 5.52. The maximum absolute atomic E-state index is 13.7. The van der Waals surface area contributed by atoms with E-state index in [1.807, 2.05) is 0 Å². The maximum Gasteiger partial charge on any atom is 0.338 e. The summed E-state index contributed by atoms with van der Waals surface area (Å²) < 4.78 is 18.0. The van der Waals surface area contributed by atoms with E-state index in [9.17, 15) is 9.59 Å². The van der Waals surface area contributed by atoms with Gasteiger partial charge in [0.1, 0.15) is 0 Å². The Labute approximate surface area is 215 Å². The fraction of sp³-hybridized carbons (Fsp3) is 0.240. The molecule has 2 heterocycles. The maximum atomic E-state index is 13.7. The van der Waals surface area contributed by atoms with Crippen LogP contribution in [0, 0.1) is 0 Å². The van der Waals surface area contributed by atoms with Gasteiger partial charge in [-0.15, -0.1) is 0 Å². The summed E-state index contributed by atoms with van der Waals surface area (Å²) in [6, 6.07) is 9.60. The molecule has 4 rings (SSSR count). The Morgan fingerprint density at radius 2 is 1.83 bits per heavy atom. The van der Waals surface area contributed by atoms with Crippen molar-refractivity contribution in [3.8, 4) is 11.5 Å². The van der Waals surface area contributed by atoms with Crippen LogP contribution < -0.4 is 24.4 Å². The third kappa shape index (κ3) is 4.61. The van der Waals surface area contributed by atoms with E-state index in [4.69, 9.17) is 37.4 Å². The molecule has 182 valence electrons. The Bertz CT molecular complexity index is 1500. The van der Waals surface area contributed by atoms with Crippen LogP contribution in [0.4, 0.5) is 0 Å². The second-order valence-corrected chi connectivity index (χ2v) is 9.38. The zero-order valence-electron chi connectivity index (χ0n) is 19.4. The van der Waals surface area contributed by atoms with Crippen LogP contribution in [0.25, 0.3) is 6.08 Å². The fourth-order valence-corrected chi connectivity index (χ4v) is 5.44. The zero-order chi connectivity index (χ0) is 25.3. The van der Waals surface area contributed by atoms with Crippen LogP contribution in [-0.4, -0.2) is 31.4 Å². The molecule has 0 N–H and O–H groups in total. The number of aromatic nitrogens is 1. The molecule has 1 aromatic heterocycles. The average molecular weight is 533 g/mol. The summed E-state index contributed by atoms with van der Waals surface area (Å²) in [5, 5.41) is 0.839. The molecule has 0 radical (unpaired) electrons. The smallest absolute Gasteiger partial charge is 0.338 e. The van der Waals surface area contributed by atoms with Gasteiger partial charge in [-0.25, -0.2) is 9.79 Å². The van der Waals surface area contributed by atoms with E-state index in [2.05, 4.69) is 4.99 Å². The number of rotatable bonds is 6. The van der Waals surface area contributed by atoms with Gasteiger partial charge in [-0.2, -0.15) is 0 Å². The highest BCUT2D eigenvalue weighted by atomic mass is 35.5. The van der Waals surface area contributed by atoms with Crippen molar-refractivity contribution in [1.29, 1.82) is 0 Å². The van der Waals surface area contributed by atoms with Crippen molar-refractivity contribution < 1.29 is 19.0 Å². The van der Waals surface area contributed by atoms with Gasteiger partial charge in [-0.3, -0.25) is 9.36 Å². The second kappa shape index (κ2) is 10.3. The largest absolute Gasteiger partial charge is 0.493 e. The van der Waals surface area contributed by atoms with Crippen molar-refractivity contribution in [2.75, 3.05) is 20.8 Å². The van der Waals surface area contributed by atoms with E-state index in [0.717, 1.165) is 0 Å². The number of hydrogen-bond donors (Lipinski definition) is 0. The van der Waals surface area contributed by atoms with E-state index in [-0.39, 0.29) is 17.7 Å². The molecule has 7 nitrogen and oxygen atoms in total. The molecule has 0 aliphatic carbocycles. The van der Waals surface area contributed by atoms with Crippen LogP contribution in [0.5, 0.6) is 11.5 Å². The van der Waals surface area contributed by atoms with Crippen molar-refractivity contribution in [2.45, 2.75) is 19.9 Å². The summed E-state index contributed by atoms with van der Waals surface area (Å²) in [4.78, 5) is 31.7. The Kier molecular flexibility index (Phi) is 7.35. The van der Waals surface area contributed by atoms with Gasteiger partial charge in [0.2, 0.25) is 0 Å². The quantitative estimate of drug-likeness (QED) is 0.446. The lowest BCUT2D eigenvalue weighted by Crippen LogP contribution is -2.40. The van der Waals surface area contributed by atoms with Crippen molar-refractivity contribution in [3.05, 3.63) is 88.5 Å². The minimum absolute atomic E-state index is 0.184. The predicted molar refractivity (Wildman–Crippen MR) is 136 cm³/mol. The van der Waals surface area contributed by atoms with Crippen molar-refractivity contribution in [1.82, 2.24) is 4.57 Å². The molecular formula is C25H22Cl2N2O5S. The van der Waals surface area contributed by atoms with Crippen LogP contribution in [0.3, 0.4) is 0 Å². The average Bonchev–Trinajstić information content (AvgIpc) is 3.14. The van der Waals surface area contributed by atoms with Gasteiger partial charge in [0.05, 0.1) is 42.7 Å². The summed E-state index contributed by atoms with van der Waals surface area (Å²) in [6.07, 6.45) is 1.64. The molecule has 35 heavy (non-hydrogen) atoms. The first-order chi connectivity index (χ1) is 16.8. The van der Waals surface area contributed by atoms with E-state index < -0.39 is 12.0 Å². The van der Waals surface area contributed by atoms with Crippen LogP contribution >= 0.6 is 34.5 Å². The first kappa shape index (κ1) is 25.0. The molecule has 3 aromatic rings. The topological polar surface area (TPSA) is 79.1 Å². The van der Waals surface area contributed by atoms with Crippen molar-refractivity contribution >= 4 is 46.6 Å². The molecule has 0 saturated heterocycles. The monoisotopic (exact) mass is 532 g/mol. The molecule has 0 saturated carbocycles. The van der Waals surface area contributed by atoms with Crippen LogP contribution in [0.1, 0.15) is 31.0 Å². The number of methoxy groups -OCH3 is 2. The Balaban J connectivity index is 2.00. The van der Waals surface area contributed by atoms with Gasteiger partial charge in [-0.1, -0.05) is 46.7 Å². The number of benzene rings is 2. The molecule has 2 aromatic carbocycles. The molecular weight excluding hydrogens is 511 g/mol. The summed E-state index contributed by atoms with van der Waals surface area (Å²) in [5.74, 6) is 0.445. The van der Waals surface area contributed by atoms with Gasteiger partial charge in [0, 0.05) is 15.6 Å². The van der Waals surface area contributed by atoms with Gasteiger partial charge in [0.25, 0.3) is 5.56 Å². The summed E-state index contributed by atoms with van der Waals surface area (Å²) in [7, 11) is 3.06. The van der Waals surface area contributed by atoms with Crippen molar-refractivity contribution in [2.24, 2.45) is 4.99 Å². The van der Waals surface area contributed by atoms with Gasteiger partial charge < -0.3 is 14.2 Å². The summed E-state index contributed by atoms with van der Waals surface area (Å²) in [6.45, 7) is 3.63. The number of fused-ring (bicyclic) bond motifs is 1. The SMILES string of the molecule is CCOC(=O)C1=C(C)N=c2s/c(=C\c3c(Cl)cccc3Cl)c(=O)n2[C@@H]1c1ccc(OC)c(OC)c1. The minimum Gasteiger partial charge on any atom is -0.493 e. The molecule has 0 fully saturated rings. The first-order valence-electron chi connectivity index (χ1n) is 10.7. The van der Waals surface area contributed by atoms with Crippen LogP contribution in [0.2, 0.25) is 10.0 Å². The van der Waals surface area contributed by atoms with E-state index >= 15 is 0 Å². The minimum atomic E-state index is -0.783. The lowest BCUT2D eigenvalue weighted by Gasteiger charge is -2.25. The zero-order valence-corrected chi connectivity index (χ0v) is 21.8. The predicted octanol–water partition coefficient (Wildman–Crippen LogP) is 4.12. The Hall–Kier alpha value is -3.07. The number of halogens is 2. The van der Waals surface area contributed by atoms with Crippen molar-refractivity contribution in [3.63, 3.8) is 0 Å². The molecule has 1 aliphatic heterocycles. The van der Waals surface area contributed by atoms with Crippen LogP contribution in [0.15, 0.2) is 57.5 Å². The van der Waals surface area contributed by atoms with E-state index in [1.54, 1.807) is 56.3 Å². The highest BCUT2D eigenvalue weighted by Gasteiger charge is 2.34. The molecule has 0 bridgehead atoms. The molecule has 10 heteroatoms. The molecule has 0 unspecified atom stereocenters. The molecule has 1 aliphatic rings. The number of allylic oxidation sites excluding steroid dienone is 1. The Morgan fingerprint density at radius 3 is 2.46 bits per heavy atom. The number of nitrogens with zero attached hydrogens (tertiary/aromatic N) is 2. The second-order valence-electron chi connectivity index (χ2n) is 7.55. The summed E-state index contributed by atoms with van der Waals surface area (Å²) >= 11 is 13.8. The number of esters is 1. The normalized spacial score (nSPS) is 15.5. The molecule has 0 amide bonds. The Morgan fingerprint density at radius 1 is 1.14 bits per heavy atom. The fourth-order valence-electron chi connectivity index (χ4n) is 3.91. The third-order valence-corrected chi connectivity index (χ3v) is 7.16. The van der Waals surface area contributed by atoms with E-state index in [1.165, 1.54) is 30.1 Å². The summed E-state index contributed by atoms with van der Waals surface area (Å²) in [5.41, 5.74) is 1.58. The highest BCUT2D eigenvalue weighted by molar-refractivity contribution is 7.07. The van der Waals surface area contributed by atoms with Gasteiger partial charge in [-0.05, 0) is 49.8 Å². The lowest BCUT2D eigenvalue weighted by atomic mass is 9.95. The molecule has 1 atom stereocenters. The number of carbonyl (C=O) groups excluding carboxylic acids is 1. The van der Waals surface area contributed by atoms with E-state index in [0.29, 0.717) is 47.7 Å². The first-order valence-corrected chi connectivity index (χ1v) is 12.2. The van der Waals surface area contributed by atoms with Gasteiger partial charge >= 0.3 is 5.97 Å². The lowest BCUT2D eigenvalue weighted by molar-refractivity contribution is -0.139.